The first-order valence-electron chi connectivity index (χ1n) is 3.14. The molecule has 1 aliphatic rings. The van der Waals surface area contributed by atoms with E-state index in [2.05, 4.69) is 12.2 Å². The minimum Gasteiger partial charge on any atom is -0.468 e. The van der Waals surface area contributed by atoms with Gasteiger partial charge in [0.1, 0.15) is 6.10 Å². The molecule has 2 atom stereocenters. The average Bonchev–Trinajstić information content (AvgIpc) is 1.80. The van der Waals surface area contributed by atoms with Crippen LogP contribution in [0.3, 0.4) is 0 Å². The minimum atomic E-state index is 0.277. The summed E-state index contributed by atoms with van der Waals surface area (Å²) < 4.78 is 5.22. The van der Waals surface area contributed by atoms with Crippen molar-refractivity contribution in [3.05, 3.63) is 0 Å². The van der Waals surface area contributed by atoms with Gasteiger partial charge in [0.15, 0.2) is 0 Å². The van der Waals surface area contributed by atoms with Crippen LogP contribution in [-0.4, -0.2) is 17.8 Å². The Hall–Kier alpha value is -0.310. The fraction of sp³-hybridized carbons (Fsp3) is 0.833. The van der Waals surface area contributed by atoms with E-state index in [9.17, 15) is 0 Å². The molecule has 52 valence electrons. The summed E-state index contributed by atoms with van der Waals surface area (Å²) in [5.41, 5.74) is 0. The predicted molar refractivity (Wildman–Crippen MR) is 40.3 cm³/mol. The lowest BCUT2D eigenvalue weighted by Crippen LogP contribution is -2.42. The highest BCUT2D eigenvalue weighted by Gasteiger charge is 2.19. The van der Waals surface area contributed by atoms with Gasteiger partial charge in [-0.2, -0.15) is 0 Å². The lowest BCUT2D eigenvalue weighted by molar-refractivity contribution is 0.121. The maximum Gasteiger partial charge on any atom is 0.256 e. The molecule has 1 rings (SSSR count). The molecule has 9 heavy (non-hydrogen) atoms. The van der Waals surface area contributed by atoms with Gasteiger partial charge in [-0.3, -0.25) is 0 Å². The quantitative estimate of drug-likeness (QED) is 0.512. The third kappa shape index (κ3) is 1.55. The van der Waals surface area contributed by atoms with E-state index in [1.807, 2.05) is 6.92 Å². The van der Waals surface area contributed by atoms with E-state index in [1.165, 1.54) is 0 Å². The molecular weight excluding hydrogens is 134 g/mol. The molecule has 0 radical (unpaired) electrons. The normalized spacial score (nSPS) is 35.1. The summed E-state index contributed by atoms with van der Waals surface area (Å²) in [6.45, 7) is 5.12. The molecule has 0 spiro atoms. The highest BCUT2D eigenvalue weighted by atomic mass is 32.1. The molecule has 0 bridgehead atoms. The Kier molecular flexibility index (Phi) is 1.90. The highest BCUT2D eigenvalue weighted by Crippen LogP contribution is 2.09. The molecule has 2 nitrogen and oxygen atoms in total. The summed E-state index contributed by atoms with van der Waals surface area (Å²) in [7, 11) is 0. The van der Waals surface area contributed by atoms with E-state index in [-0.39, 0.29) is 6.10 Å². The van der Waals surface area contributed by atoms with Crippen LogP contribution in [0.1, 0.15) is 13.8 Å². The van der Waals surface area contributed by atoms with E-state index in [0.717, 1.165) is 6.54 Å². The molecule has 1 fully saturated rings. The van der Waals surface area contributed by atoms with Crippen LogP contribution >= 0.6 is 12.2 Å². The molecular formula is C6H11NOS. The van der Waals surface area contributed by atoms with Crippen LogP contribution in [0.2, 0.25) is 0 Å². The smallest absolute Gasteiger partial charge is 0.256 e. The van der Waals surface area contributed by atoms with Crippen LogP contribution < -0.4 is 5.32 Å². The Balaban J connectivity index is 2.44. The molecule has 0 saturated carbocycles. The predicted octanol–water partition coefficient (Wildman–Crippen LogP) is 0.916. The van der Waals surface area contributed by atoms with Crippen LogP contribution in [0.25, 0.3) is 0 Å². The number of hydrogen-bond donors (Lipinski definition) is 1. The van der Waals surface area contributed by atoms with Gasteiger partial charge in [-0.15, -0.1) is 0 Å². The Labute approximate surface area is 60.6 Å². The maximum atomic E-state index is 5.22. The molecule has 1 N–H and O–H groups in total. The summed E-state index contributed by atoms with van der Waals surface area (Å²) in [5.74, 6) is 0.566. The number of rotatable bonds is 0. The van der Waals surface area contributed by atoms with Gasteiger partial charge in [0, 0.05) is 12.5 Å². The fourth-order valence-corrected chi connectivity index (χ4v) is 0.972. The van der Waals surface area contributed by atoms with E-state index in [1.54, 1.807) is 0 Å². The minimum absolute atomic E-state index is 0.277. The Bertz CT molecular complexity index is 126. The maximum absolute atomic E-state index is 5.22. The second kappa shape index (κ2) is 2.52. The first-order valence-corrected chi connectivity index (χ1v) is 3.55. The summed E-state index contributed by atoms with van der Waals surface area (Å²) >= 11 is 4.80. The van der Waals surface area contributed by atoms with Crippen molar-refractivity contribution in [2.24, 2.45) is 5.92 Å². The SMILES string of the molecule is CC1CNC(=S)OC1C. The summed E-state index contributed by atoms with van der Waals surface area (Å²) in [5, 5.41) is 3.51. The van der Waals surface area contributed by atoms with E-state index in [4.69, 9.17) is 17.0 Å². The summed E-state index contributed by atoms with van der Waals surface area (Å²) in [6.07, 6.45) is 0.277. The molecule has 1 saturated heterocycles. The van der Waals surface area contributed by atoms with Gasteiger partial charge in [0.2, 0.25) is 0 Å². The van der Waals surface area contributed by atoms with Crippen LogP contribution in [0.15, 0.2) is 0 Å². The third-order valence-electron chi connectivity index (χ3n) is 1.66. The van der Waals surface area contributed by atoms with Gasteiger partial charge >= 0.3 is 0 Å². The summed E-state index contributed by atoms with van der Waals surface area (Å²) in [6, 6.07) is 0. The second-order valence-corrected chi connectivity index (χ2v) is 2.84. The Morgan fingerprint density at radius 1 is 1.67 bits per heavy atom. The van der Waals surface area contributed by atoms with Crippen LogP contribution in [0.5, 0.6) is 0 Å². The molecule has 1 heterocycles. The van der Waals surface area contributed by atoms with E-state index < -0.39 is 0 Å². The second-order valence-electron chi connectivity index (χ2n) is 2.47. The Morgan fingerprint density at radius 3 is 2.78 bits per heavy atom. The zero-order valence-electron chi connectivity index (χ0n) is 5.68. The average molecular weight is 145 g/mol. The highest BCUT2D eigenvalue weighted by molar-refractivity contribution is 7.80. The molecule has 0 aliphatic carbocycles. The molecule has 0 aromatic rings. The first kappa shape index (κ1) is 6.81. The lowest BCUT2D eigenvalue weighted by atomic mass is 10.1. The van der Waals surface area contributed by atoms with Gasteiger partial charge < -0.3 is 10.1 Å². The molecule has 0 amide bonds. The van der Waals surface area contributed by atoms with Crippen LogP contribution in [0, 0.1) is 5.92 Å². The first-order chi connectivity index (χ1) is 4.20. The standard InChI is InChI=1S/C6H11NOS/c1-4-3-7-6(9)8-5(4)2/h4-5H,3H2,1-2H3,(H,7,9). The molecule has 0 aromatic carbocycles. The zero-order valence-corrected chi connectivity index (χ0v) is 6.49. The Morgan fingerprint density at radius 2 is 2.33 bits per heavy atom. The molecule has 0 aromatic heterocycles. The van der Waals surface area contributed by atoms with Crippen molar-refractivity contribution < 1.29 is 4.74 Å². The van der Waals surface area contributed by atoms with Crippen molar-refractivity contribution in [2.75, 3.05) is 6.54 Å². The molecule has 2 unspecified atom stereocenters. The van der Waals surface area contributed by atoms with Crippen molar-refractivity contribution >= 4 is 17.4 Å². The topological polar surface area (TPSA) is 21.3 Å². The lowest BCUT2D eigenvalue weighted by Gasteiger charge is -2.27. The fourth-order valence-electron chi connectivity index (χ4n) is 0.737. The van der Waals surface area contributed by atoms with Crippen molar-refractivity contribution in [1.82, 2.24) is 5.32 Å². The van der Waals surface area contributed by atoms with Gasteiger partial charge in [-0.1, -0.05) is 6.92 Å². The van der Waals surface area contributed by atoms with Crippen molar-refractivity contribution in [3.63, 3.8) is 0 Å². The van der Waals surface area contributed by atoms with Gasteiger partial charge in [-0.25, -0.2) is 0 Å². The number of nitrogens with one attached hydrogen (secondary N) is 1. The van der Waals surface area contributed by atoms with Crippen molar-refractivity contribution in [2.45, 2.75) is 20.0 Å². The van der Waals surface area contributed by atoms with Crippen LogP contribution in [-0.2, 0) is 4.74 Å². The van der Waals surface area contributed by atoms with E-state index in [0.29, 0.717) is 11.1 Å². The van der Waals surface area contributed by atoms with Gasteiger partial charge in [-0.05, 0) is 19.1 Å². The third-order valence-corrected chi connectivity index (χ3v) is 1.90. The van der Waals surface area contributed by atoms with Crippen LogP contribution in [0.4, 0.5) is 0 Å². The van der Waals surface area contributed by atoms with Gasteiger partial charge in [0.25, 0.3) is 5.17 Å². The number of ether oxygens (including phenoxy) is 1. The monoisotopic (exact) mass is 145 g/mol. The molecule has 3 heteroatoms. The summed E-state index contributed by atoms with van der Waals surface area (Å²) in [4.78, 5) is 0. The van der Waals surface area contributed by atoms with Gasteiger partial charge in [0.05, 0.1) is 0 Å². The van der Waals surface area contributed by atoms with Crippen molar-refractivity contribution in [3.8, 4) is 0 Å². The number of thiocarbonyl (C=S) groups is 1. The number of hydrogen-bond acceptors (Lipinski definition) is 2. The molecule has 1 aliphatic heterocycles. The van der Waals surface area contributed by atoms with Crippen molar-refractivity contribution in [1.29, 1.82) is 0 Å². The van der Waals surface area contributed by atoms with E-state index >= 15 is 0 Å². The largest absolute Gasteiger partial charge is 0.468 e. The zero-order chi connectivity index (χ0) is 6.85.